The van der Waals surface area contributed by atoms with Gasteiger partial charge >= 0.3 is 5.97 Å². The molecule has 0 aliphatic rings. The van der Waals surface area contributed by atoms with Gasteiger partial charge in [0.1, 0.15) is 6.04 Å². The average molecular weight is 335 g/mol. The van der Waals surface area contributed by atoms with Crippen LogP contribution in [0.2, 0.25) is 5.02 Å². The molecule has 0 saturated carbocycles. The molecule has 4 nitrogen and oxygen atoms in total. The topological polar surface area (TPSA) is 66.4 Å². The van der Waals surface area contributed by atoms with Gasteiger partial charge < -0.3 is 10.4 Å². The molecule has 0 spiro atoms. The minimum absolute atomic E-state index is 0.200. The maximum atomic E-state index is 11.9. The van der Waals surface area contributed by atoms with Crippen LogP contribution in [-0.2, 0) is 4.79 Å². The maximum absolute atomic E-state index is 11.9. The van der Waals surface area contributed by atoms with Crippen LogP contribution in [0.25, 0.3) is 0 Å². The van der Waals surface area contributed by atoms with Gasteiger partial charge in [-0.2, -0.15) is 0 Å². The largest absolute Gasteiger partial charge is 0.480 e. The summed E-state index contributed by atoms with van der Waals surface area (Å²) in [7, 11) is 0. The summed E-state index contributed by atoms with van der Waals surface area (Å²) in [6.07, 6.45) is 0. The van der Waals surface area contributed by atoms with Crippen molar-refractivity contribution in [3.8, 4) is 0 Å². The fraction of sp³-hybridized carbons (Fsp3) is 0.333. The van der Waals surface area contributed by atoms with E-state index in [2.05, 4.69) is 21.2 Å². The Bertz CT molecular complexity index is 456. The summed E-state index contributed by atoms with van der Waals surface area (Å²) in [4.78, 5) is 22.9. The molecular weight excluding hydrogens is 321 g/mol. The van der Waals surface area contributed by atoms with E-state index in [0.29, 0.717) is 15.1 Å². The van der Waals surface area contributed by atoms with Crippen LogP contribution in [0.5, 0.6) is 0 Å². The third kappa shape index (κ3) is 3.99. The first-order valence-electron chi connectivity index (χ1n) is 5.31. The van der Waals surface area contributed by atoms with E-state index in [1.165, 1.54) is 6.07 Å². The minimum Gasteiger partial charge on any atom is -0.480 e. The summed E-state index contributed by atoms with van der Waals surface area (Å²) >= 11 is 9.05. The van der Waals surface area contributed by atoms with Crippen LogP contribution in [-0.4, -0.2) is 23.0 Å². The smallest absolute Gasteiger partial charge is 0.326 e. The molecule has 1 amide bonds. The second-order valence-corrected chi connectivity index (χ2v) is 5.54. The van der Waals surface area contributed by atoms with E-state index >= 15 is 0 Å². The van der Waals surface area contributed by atoms with Crippen LogP contribution < -0.4 is 5.32 Å². The van der Waals surface area contributed by atoms with Crippen molar-refractivity contribution in [1.82, 2.24) is 5.32 Å². The Morgan fingerprint density at radius 2 is 1.94 bits per heavy atom. The standard InChI is InChI=1S/C12H13BrClNO3/c1-6(2)10(12(17)18)15-11(16)7-3-8(13)5-9(14)4-7/h3-6,10H,1-2H3,(H,15,16)(H,17,18)/t10-/m0/s1. The number of hydrogen-bond acceptors (Lipinski definition) is 2. The molecule has 0 heterocycles. The fourth-order valence-electron chi connectivity index (χ4n) is 1.42. The molecule has 0 saturated heterocycles. The van der Waals surface area contributed by atoms with Gasteiger partial charge in [-0.05, 0) is 24.1 Å². The molecule has 1 aromatic carbocycles. The van der Waals surface area contributed by atoms with Crippen molar-refractivity contribution in [3.63, 3.8) is 0 Å². The first-order chi connectivity index (χ1) is 8.31. The number of carboxylic acid groups (broad SMARTS) is 1. The first-order valence-corrected chi connectivity index (χ1v) is 6.48. The highest BCUT2D eigenvalue weighted by Gasteiger charge is 2.24. The first kappa shape index (κ1) is 15.0. The van der Waals surface area contributed by atoms with Gasteiger partial charge in [-0.25, -0.2) is 4.79 Å². The minimum atomic E-state index is -1.06. The SMILES string of the molecule is CC(C)[C@H](NC(=O)c1cc(Cl)cc(Br)c1)C(=O)O. The fourth-order valence-corrected chi connectivity index (χ4v) is 2.28. The van der Waals surface area contributed by atoms with Crippen molar-refractivity contribution >= 4 is 39.4 Å². The van der Waals surface area contributed by atoms with E-state index < -0.39 is 17.9 Å². The number of benzene rings is 1. The van der Waals surface area contributed by atoms with Gasteiger partial charge in [-0.1, -0.05) is 41.4 Å². The van der Waals surface area contributed by atoms with Gasteiger partial charge in [-0.3, -0.25) is 4.79 Å². The van der Waals surface area contributed by atoms with Crippen LogP contribution in [0.1, 0.15) is 24.2 Å². The van der Waals surface area contributed by atoms with E-state index in [-0.39, 0.29) is 5.92 Å². The Hall–Kier alpha value is -1.07. The van der Waals surface area contributed by atoms with Crippen LogP contribution in [0.15, 0.2) is 22.7 Å². The zero-order valence-corrected chi connectivity index (χ0v) is 12.2. The highest BCUT2D eigenvalue weighted by Crippen LogP contribution is 2.19. The number of hydrogen-bond donors (Lipinski definition) is 2. The molecule has 1 rings (SSSR count). The monoisotopic (exact) mass is 333 g/mol. The highest BCUT2D eigenvalue weighted by atomic mass is 79.9. The summed E-state index contributed by atoms with van der Waals surface area (Å²) in [5.74, 6) is -1.71. The number of halogens is 2. The summed E-state index contributed by atoms with van der Waals surface area (Å²) in [6.45, 7) is 3.46. The average Bonchev–Trinajstić information content (AvgIpc) is 2.23. The van der Waals surface area contributed by atoms with Crippen LogP contribution >= 0.6 is 27.5 Å². The van der Waals surface area contributed by atoms with Gasteiger partial charge in [0.15, 0.2) is 0 Å². The molecule has 0 bridgehead atoms. The van der Waals surface area contributed by atoms with Crippen LogP contribution in [0.4, 0.5) is 0 Å². The quantitative estimate of drug-likeness (QED) is 0.889. The molecule has 1 atom stereocenters. The molecule has 1 aromatic rings. The van der Waals surface area contributed by atoms with Crippen molar-refractivity contribution in [2.45, 2.75) is 19.9 Å². The molecule has 18 heavy (non-hydrogen) atoms. The number of nitrogens with one attached hydrogen (secondary N) is 1. The van der Waals surface area contributed by atoms with Crippen LogP contribution in [0.3, 0.4) is 0 Å². The van der Waals surface area contributed by atoms with Gasteiger partial charge in [0, 0.05) is 15.1 Å². The van der Waals surface area contributed by atoms with Gasteiger partial charge in [-0.15, -0.1) is 0 Å². The zero-order valence-electron chi connectivity index (χ0n) is 9.91. The Morgan fingerprint density at radius 1 is 1.33 bits per heavy atom. The Kier molecular flexibility index (Phi) is 5.16. The second-order valence-electron chi connectivity index (χ2n) is 4.19. The van der Waals surface area contributed by atoms with Gasteiger partial charge in [0.05, 0.1) is 0 Å². The van der Waals surface area contributed by atoms with E-state index in [9.17, 15) is 9.59 Å². The van der Waals surface area contributed by atoms with Crippen molar-refractivity contribution < 1.29 is 14.7 Å². The summed E-state index contributed by atoms with van der Waals surface area (Å²) in [5, 5.41) is 11.9. The summed E-state index contributed by atoms with van der Waals surface area (Å²) in [5.41, 5.74) is 0.321. The lowest BCUT2D eigenvalue weighted by Gasteiger charge is -2.18. The molecule has 0 radical (unpaired) electrons. The lowest BCUT2D eigenvalue weighted by atomic mass is 10.0. The van der Waals surface area contributed by atoms with E-state index in [4.69, 9.17) is 16.7 Å². The van der Waals surface area contributed by atoms with E-state index in [1.54, 1.807) is 26.0 Å². The third-order valence-corrected chi connectivity index (χ3v) is 3.02. The van der Waals surface area contributed by atoms with Crippen molar-refractivity contribution in [3.05, 3.63) is 33.3 Å². The molecule has 0 aliphatic carbocycles. The summed E-state index contributed by atoms with van der Waals surface area (Å²) in [6, 6.07) is 3.80. The Labute approximate surface area is 118 Å². The van der Waals surface area contributed by atoms with Gasteiger partial charge in [0.2, 0.25) is 0 Å². The predicted octanol–water partition coefficient (Wildman–Crippen LogP) is 2.94. The molecule has 0 aliphatic heterocycles. The molecule has 2 N–H and O–H groups in total. The molecule has 0 aromatic heterocycles. The Morgan fingerprint density at radius 3 is 2.39 bits per heavy atom. The number of carbonyl (C=O) groups excluding carboxylic acids is 1. The predicted molar refractivity (Wildman–Crippen MR) is 72.9 cm³/mol. The zero-order chi connectivity index (χ0) is 13.9. The van der Waals surface area contributed by atoms with Gasteiger partial charge in [0.25, 0.3) is 5.91 Å². The van der Waals surface area contributed by atoms with Crippen molar-refractivity contribution in [2.75, 3.05) is 0 Å². The normalized spacial score (nSPS) is 12.3. The number of aliphatic carboxylic acids is 1. The molecule has 98 valence electrons. The van der Waals surface area contributed by atoms with Crippen molar-refractivity contribution in [2.24, 2.45) is 5.92 Å². The lowest BCUT2D eigenvalue weighted by Crippen LogP contribution is -2.44. The maximum Gasteiger partial charge on any atom is 0.326 e. The number of amides is 1. The molecule has 0 unspecified atom stereocenters. The second kappa shape index (κ2) is 6.20. The molecular formula is C12H13BrClNO3. The highest BCUT2D eigenvalue weighted by molar-refractivity contribution is 9.10. The number of carboxylic acids is 1. The third-order valence-electron chi connectivity index (χ3n) is 2.34. The van der Waals surface area contributed by atoms with Crippen molar-refractivity contribution in [1.29, 1.82) is 0 Å². The molecule has 0 fully saturated rings. The lowest BCUT2D eigenvalue weighted by molar-refractivity contribution is -0.140. The van der Waals surface area contributed by atoms with E-state index in [0.717, 1.165) is 0 Å². The van der Waals surface area contributed by atoms with Crippen LogP contribution in [0, 0.1) is 5.92 Å². The molecule has 6 heteroatoms. The number of rotatable bonds is 4. The van der Waals surface area contributed by atoms with E-state index in [1.807, 2.05) is 0 Å². The summed E-state index contributed by atoms with van der Waals surface area (Å²) < 4.78 is 0.663. The Balaban J connectivity index is 2.90. The number of carbonyl (C=O) groups is 2.